The smallest absolute Gasteiger partial charge is 0.0540 e. The second kappa shape index (κ2) is 9.58. The van der Waals surface area contributed by atoms with E-state index in [9.17, 15) is 0 Å². The molecular weight excluding hydrogens is 556 g/mol. The summed E-state index contributed by atoms with van der Waals surface area (Å²) in [5.41, 5.74) is 12.3. The van der Waals surface area contributed by atoms with Crippen molar-refractivity contribution in [1.82, 2.24) is 0 Å². The van der Waals surface area contributed by atoms with E-state index >= 15 is 0 Å². The molecule has 222 valence electrons. The van der Waals surface area contributed by atoms with Gasteiger partial charge < -0.3 is 9.80 Å². The monoisotopic (exact) mass is 592 g/mol. The molecule has 7 aromatic rings. The normalized spacial score (nSPS) is 15.7. The number of hydrogen-bond donors (Lipinski definition) is 0. The van der Waals surface area contributed by atoms with Crippen LogP contribution in [0.15, 0.2) is 146 Å². The number of para-hydroxylation sites is 2. The van der Waals surface area contributed by atoms with Gasteiger partial charge in [-0.2, -0.15) is 0 Å². The molecule has 2 nitrogen and oxygen atoms in total. The molecule has 0 amide bonds. The van der Waals surface area contributed by atoms with Gasteiger partial charge in [0.05, 0.1) is 34.1 Å². The molecule has 0 aromatic heterocycles. The van der Waals surface area contributed by atoms with Crippen LogP contribution in [-0.2, 0) is 10.8 Å². The molecule has 9 rings (SSSR count). The maximum absolute atomic E-state index is 2.53. The van der Waals surface area contributed by atoms with Gasteiger partial charge in [-0.05, 0) is 69.4 Å². The topological polar surface area (TPSA) is 6.48 Å². The number of rotatable bonds is 2. The maximum Gasteiger partial charge on any atom is 0.0540 e. The molecule has 0 N–H and O–H groups in total. The third kappa shape index (κ3) is 3.64. The largest absolute Gasteiger partial charge is 0.309 e. The van der Waals surface area contributed by atoms with Gasteiger partial charge in [-0.15, -0.1) is 0 Å². The van der Waals surface area contributed by atoms with Crippen LogP contribution >= 0.6 is 0 Å². The summed E-state index contributed by atoms with van der Waals surface area (Å²) in [6.45, 7) is 9.56. The molecule has 2 aliphatic heterocycles. The minimum atomic E-state index is -0.215. The second-order valence-corrected chi connectivity index (χ2v) is 13.8. The zero-order valence-corrected chi connectivity index (χ0v) is 26.8. The molecule has 0 atom stereocenters. The minimum absolute atomic E-state index is 0.215. The lowest BCUT2D eigenvalue weighted by molar-refractivity contribution is 0.615. The Bertz CT molecular complexity index is 2170. The van der Waals surface area contributed by atoms with Crippen molar-refractivity contribution in [1.29, 1.82) is 0 Å². The molecule has 0 bridgehead atoms. The summed E-state index contributed by atoms with van der Waals surface area (Å²) in [5, 5.41) is 5.01. The van der Waals surface area contributed by atoms with Crippen molar-refractivity contribution in [3.63, 3.8) is 0 Å². The van der Waals surface area contributed by atoms with E-state index in [-0.39, 0.29) is 10.8 Å². The summed E-state index contributed by atoms with van der Waals surface area (Å²) in [5.74, 6) is 0. The van der Waals surface area contributed by atoms with Gasteiger partial charge in [0.2, 0.25) is 0 Å². The Balaban J connectivity index is 1.39. The van der Waals surface area contributed by atoms with E-state index < -0.39 is 0 Å². The van der Waals surface area contributed by atoms with E-state index in [0.29, 0.717) is 0 Å². The number of nitrogens with zero attached hydrogens (tertiary/aromatic N) is 2. The molecule has 0 unspecified atom stereocenters. The molecule has 2 heterocycles. The maximum atomic E-state index is 2.53. The molecule has 0 aliphatic carbocycles. The van der Waals surface area contributed by atoms with Crippen LogP contribution in [0.5, 0.6) is 0 Å². The average molecular weight is 593 g/mol. The fraction of sp³-hybridized carbons (Fsp3) is 0.136. The minimum Gasteiger partial charge on any atom is -0.309 e. The quantitative estimate of drug-likeness (QED) is 0.197. The lowest BCUT2D eigenvalue weighted by atomic mass is 9.69. The first-order valence-corrected chi connectivity index (χ1v) is 16.3. The fourth-order valence-corrected chi connectivity index (χ4v) is 8.22. The highest BCUT2D eigenvalue weighted by Crippen LogP contribution is 2.59. The Hall–Kier alpha value is -5.34. The molecule has 2 aliphatic rings. The van der Waals surface area contributed by atoms with Crippen LogP contribution in [0.4, 0.5) is 34.1 Å². The van der Waals surface area contributed by atoms with Crippen LogP contribution in [0.1, 0.15) is 49.9 Å². The van der Waals surface area contributed by atoms with Gasteiger partial charge in [-0.25, -0.2) is 0 Å². The summed E-state index contributed by atoms with van der Waals surface area (Å²) in [6, 6.07) is 53.9. The molecule has 7 aromatic carbocycles. The van der Waals surface area contributed by atoms with E-state index in [2.05, 4.69) is 183 Å². The van der Waals surface area contributed by atoms with Gasteiger partial charge >= 0.3 is 0 Å². The lowest BCUT2D eigenvalue weighted by Gasteiger charge is -2.47. The summed E-state index contributed by atoms with van der Waals surface area (Å²) < 4.78 is 0. The molecule has 46 heavy (non-hydrogen) atoms. The van der Waals surface area contributed by atoms with Gasteiger partial charge in [0.25, 0.3) is 0 Å². The standard InChI is InChI=1S/C44H36N2/c1-43(2)33-21-9-11-23-39(33)45(37-25-13-17-29-15-5-7-19-31(29)37)41-28-36-42(27-35(41)43)46(40-24-12-10-22-34(40)44(36,3)4)38-26-14-18-30-16-6-8-20-32(30)38/h5-28H,1-4H3. The summed E-state index contributed by atoms with van der Waals surface area (Å²) >= 11 is 0. The number of benzene rings is 7. The highest BCUT2D eigenvalue weighted by atomic mass is 15.2. The highest BCUT2D eigenvalue weighted by molar-refractivity contribution is 6.04. The van der Waals surface area contributed by atoms with Crippen molar-refractivity contribution in [2.24, 2.45) is 0 Å². The van der Waals surface area contributed by atoms with Gasteiger partial charge in [0, 0.05) is 21.6 Å². The van der Waals surface area contributed by atoms with E-state index in [1.165, 1.54) is 77.9 Å². The van der Waals surface area contributed by atoms with Crippen LogP contribution in [0, 0.1) is 0 Å². The molecule has 0 radical (unpaired) electrons. The van der Waals surface area contributed by atoms with Crippen molar-refractivity contribution in [2.45, 2.75) is 38.5 Å². The van der Waals surface area contributed by atoms with Crippen molar-refractivity contribution < 1.29 is 0 Å². The van der Waals surface area contributed by atoms with E-state index in [1.54, 1.807) is 0 Å². The van der Waals surface area contributed by atoms with E-state index in [4.69, 9.17) is 0 Å². The Kier molecular flexibility index (Phi) is 5.63. The number of anilines is 6. The summed E-state index contributed by atoms with van der Waals surface area (Å²) in [6.07, 6.45) is 0. The zero-order chi connectivity index (χ0) is 31.2. The summed E-state index contributed by atoms with van der Waals surface area (Å²) in [7, 11) is 0. The van der Waals surface area contributed by atoms with Crippen LogP contribution in [-0.4, -0.2) is 0 Å². The molecule has 0 saturated heterocycles. The molecule has 2 heteroatoms. The Morgan fingerprint density at radius 1 is 0.326 bits per heavy atom. The van der Waals surface area contributed by atoms with Crippen LogP contribution < -0.4 is 9.80 Å². The Morgan fingerprint density at radius 2 is 0.674 bits per heavy atom. The SMILES string of the molecule is CC1(C)c2ccccc2N(c2cccc3ccccc23)c2cc3c(cc21)N(c1cccc2ccccc12)c1ccccc1C3(C)C. The number of fused-ring (bicyclic) bond motifs is 6. The first-order chi connectivity index (χ1) is 22.4. The van der Waals surface area contributed by atoms with Crippen molar-refractivity contribution in [3.05, 3.63) is 168 Å². The average Bonchev–Trinajstić information content (AvgIpc) is 3.08. The molecular formula is C44H36N2. The van der Waals surface area contributed by atoms with Gasteiger partial charge in [-0.3, -0.25) is 0 Å². The Morgan fingerprint density at radius 3 is 1.13 bits per heavy atom. The van der Waals surface area contributed by atoms with Gasteiger partial charge in [0.15, 0.2) is 0 Å². The van der Waals surface area contributed by atoms with Crippen LogP contribution in [0.2, 0.25) is 0 Å². The first kappa shape index (κ1) is 27.0. The van der Waals surface area contributed by atoms with Crippen molar-refractivity contribution in [3.8, 4) is 0 Å². The van der Waals surface area contributed by atoms with Crippen LogP contribution in [0.3, 0.4) is 0 Å². The fourth-order valence-electron chi connectivity index (χ4n) is 8.22. The molecule has 0 saturated carbocycles. The van der Waals surface area contributed by atoms with Crippen molar-refractivity contribution >= 4 is 55.7 Å². The number of hydrogen-bond acceptors (Lipinski definition) is 2. The highest BCUT2D eigenvalue weighted by Gasteiger charge is 2.43. The zero-order valence-electron chi connectivity index (χ0n) is 26.8. The predicted molar refractivity (Wildman–Crippen MR) is 195 cm³/mol. The third-order valence-electron chi connectivity index (χ3n) is 10.6. The molecule has 0 spiro atoms. The van der Waals surface area contributed by atoms with Gasteiger partial charge in [-0.1, -0.05) is 137 Å². The van der Waals surface area contributed by atoms with E-state index in [0.717, 1.165) is 0 Å². The summed E-state index contributed by atoms with van der Waals surface area (Å²) in [4.78, 5) is 5.05. The second-order valence-electron chi connectivity index (χ2n) is 13.8. The van der Waals surface area contributed by atoms with Crippen molar-refractivity contribution in [2.75, 3.05) is 9.80 Å². The van der Waals surface area contributed by atoms with Gasteiger partial charge in [0.1, 0.15) is 0 Å². The van der Waals surface area contributed by atoms with Crippen LogP contribution in [0.25, 0.3) is 21.5 Å². The third-order valence-corrected chi connectivity index (χ3v) is 10.6. The lowest BCUT2D eigenvalue weighted by Crippen LogP contribution is -2.35. The predicted octanol–water partition coefficient (Wildman–Crippen LogP) is 12.2. The van der Waals surface area contributed by atoms with E-state index in [1.807, 2.05) is 0 Å². The molecule has 0 fully saturated rings. The Labute approximate surface area is 271 Å². The first-order valence-electron chi connectivity index (χ1n) is 16.3.